The molecule has 0 saturated carbocycles. The van der Waals surface area contributed by atoms with E-state index in [4.69, 9.17) is 11.5 Å². The fraction of sp³-hybridized carbons (Fsp3) is 0.231. The Kier molecular flexibility index (Phi) is 6.51. The summed E-state index contributed by atoms with van der Waals surface area (Å²) in [5.74, 6) is -0.898. The smallest absolute Gasteiger partial charge is 0.123 e. The maximum absolute atomic E-state index is 12.8. The topological polar surface area (TPSA) is 79.8 Å². The van der Waals surface area contributed by atoms with Crippen LogP contribution in [0.3, 0.4) is 0 Å². The fourth-order valence-corrected chi connectivity index (χ4v) is 2.58. The maximum Gasteiger partial charge on any atom is 0.123 e. The minimum absolute atomic E-state index is 0. The van der Waals surface area contributed by atoms with Crippen molar-refractivity contribution in [3.8, 4) is 10.4 Å². The van der Waals surface area contributed by atoms with E-state index in [9.17, 15) is 9.18 Å². The molecule has 1 radical (unpaired) electrons. The van der Waals surface area contributed by atoms with Crippen LogP contribution in [0, 0.1) is 5.82 Å². The molecular formula is C13H13FN3OSTa-. The van der Waals surface area contributed by atoms with E-state index < -0.39 is 5.91 Å². The Morgan fingerprint density at radius 3 is 2.65 bits per heavy atom. The molecule has 3 N–H and O–H groups in total. The first-order valence-electron chi connectivity index (χ1n) is 5.78. The van der Waals surface area contributed by atoms with Crippen molar-refractivity contribution in [1.82, 2.24) is 4.98 Å². The van der Waals surface area contributed by atoms with Crippen molar-refractivity contribution < 1.29 is 31.6 Å². The zero-order valence-corrected chi connectivity index (χ0v) is 14.6. The van der Waals surface area contributed by atoms with Gasteiger partial charge in [0.25, 0.3) is 0 Å². The van der Waals surface area contributed by atoms with Gasteiger partial charge in [-0.1, -0.05) is 12.1 Å². The van der Waals surface area contributed by atoms with E-state index in [0.717, 1.165) is 15.4 Å². The molecule has 0 bridgehead atoms. The number of carbonyl (C=O) groups excluding carboxylic acids is 1. The quantitative estimate of drug-likeness (QED) is 0.746. The number of nitrogens with one attached hydrogen (secondary N) is 1. The van der Waals surface area contributed by atoms with Crippen LogP contribution in [0.1, 0.15) is 23.9 Å². The number of halogens is 1. The zero-order chi connectivity index (χ0) is 13.8. The molecule has 0 aliphatic carbocycles. The monoisotopic (exact) mass is 459 g/mol. The van der Waals surface area contributed by atoms with Crippen LogP contribution in [0.4, 0.5) is 4.39 Å². The molecule has 7 heteroatoms. The number of carbonyl (C=O) groups is 1. The number of benzene rings is 1. The molecule has 0 aliphatic rings. The Morgan fingerprint density at radius 1 is 1.40 bits per heavy atom. The molecule has 1 aromatic heterocycles. The molecule has 0 saturated heterocycles. The molecule has 1 aromatic carbocycles. The van der Waals surface area contributed by atoms with Crippen molar-refractivity contribution in [3.63, 3.8) is 0 Å². The van der Waals surface area contributed by atoms with Crippen LogP contribution >= 0.6 is 11.3 Å². The van der Waals surface area contributed by atoms with Crippen molar-refractivity contribution in [2.24, 2.45) is 5.73 Å². The van der Waals surface area contributed by atoms with Crippen molar-refractivity contribution in [2.75, 3.05) is 0 Å². The van der Waals surface area contributed by atoms with Crippen LogP contribution in [-0.2, 0) is 27.2 Å². The molecule has 105 valence electrons. The molecule has 4 nitrogen and oxygen atoms in total. The van der Waals surface area contributed by atoms with Gasteiger partial charge in [-0.3, -0.25) is 0 Å². The summed E-state index contributed by atoms with van der Waals surface area (Å²) in [6.07, 6.45) is 2.24. The van der Waals surface area contributed by atoms with Crippen LogP contribution in [0.2, 0.25) is 0 Å². The summed E-state index contributed by atoms with van der Waals surface area (Å²) in [5.41, 5.74) is 13.6. The van der Waals surface area contributed by atoms with E-state index in [1.165, 1.54) is 23.5 Å². The van der Waals surface area contributed by atoms with Crippen molar-refractivity contribution in [1.29, 1.82) is 0 Å². The number of hydrogen-bond acceptors (Lipinski definition) is 4. The largest absolute Gasteiger partial charge is 0.668 e. The van der Waals surface area contributed by atoms with Crippen LogP contribution < -0.4 is 5.73 Å². The Hall–Kier alpha value is -1.05. The molecule has 0 fully saturated rings. The first kappa shape index (κ1) is 17.0. The van der Waals surface area contributed by atoms with Crippen molar-refractivity contribution in [3.05, 3.63) is 47.0 Å². The van der Waals surface area contributed by atoms with E-state index in [-0.39, 0.29) is 40.7 Å². The average molecular weight is 459 g/mol. The summed E-state index contributed by atoms with van der Waals surface area (Å²) in [7, 11) is 0. The number of hydrogen-bond donors (Lipinski definition) is 1. The van der Waals surface area contributed by atoms with Gasteiger partial charge in [0.05, 0.1) is 10.9 Å². The first-order valence-corrected chi connectivity index (χ1v) is 6.59. The van der Waals surface area contributed by atoms with Gasteiger partial charge in [-0.05, 0) is 30.5 Å². The van der Waals surface area contributed by atoms with E-state index in [1.807, 2.05) is 0 Å². The van der Waals surface area contributed by atoms with Crippen LogP contribution in [-0.4, -0.2) is 10.9 Å². The van der Waals surface area contributed by atoms with Crippen molar-refractivity contribution >= 4 is 17.2 Å². The molecule has 1 heterocycles. The number of nitrogens with two attached hydrogens (primary N) is 1. The SMILES string of the molecule is [NH-]C(=O)CCC(N)c1ncc(-c2ccc(F)cc2)s1.[Ta]. The molecule has 0 aliphatic heterocycles. The first-order chi connectivity index (χ1) is 9.06. The Bertz CT molecular complexity index is 573. The molecule has 0 spiro atoms. The van der Waals surface area contributed by atoms with Gasteiger partial charge in [0.15, 0.2) is 0 Å². The summed E-state index contributed by atoms with van der Waals surface area (Å²) in [5, 5.41) is 0.723. The minimum atomic E-state index is -0.620. The molecule has 1 unspecified atom stereocenters. The Balaban J connectivity index is 0.00000200. The van der Waals surface area contributed by atoms with Crippen LogP contribution in [0.15, 0.2) is 30.5 Å². The van der Waals surface area contributed by atoms with Gasteiger partial charge in [0, 0.05) is 34.5 Å². The summed E-state index contributed by atoms with van der Waals surface area (Å²) >= 11 is 1.42. The second-order valence-corrected chi connectivity index (χ2v) is 5.20. The van der Waals surface area contributed by atoms with Crippen LogP contribution in [0.25, 0.3) is 16.2 Å². The number of rotatable bonds is 5. The summed E-state index contributed by atoms with van der Waals surface area (Å²) in [4.78, 5) is 15.7. The van der Waals surface area contributed by atoms with Gasteiger partial charge in [-0.2, -0.15) is 0 Å². The average Bonchev–Trinajstić information content (AvgIpc) is 2.86. The van der Waals surface area contributed by atoms with E-state index in [2.05, 4.69) is 4.98 Å². The number of aromatic nitrogens is 1. The molecular weight excluding hydrogens is 446 g/mol. The Morgan fingerprint density at radius 2 is 2.05 bits per heavy atom. The third kappa shape index (κ3) is 4.50. The summed E-state index contributed by atoms with van der Waals surface area (Å²) in [6, 6.07) is 5.83. The van der Waals surface area contributed by atoms with Crippen LogP contribution in [0.5, 0.6) is 0 Å². The van der Waals surface area contributed by atoms with Gasteiger partial charge >= 0.3 is 0 Å². The number of amides is 1. The fourth-order valence-electron chi connectivity index (χ4n) is 1.62. The van der Waals surface area contributed by atoms with Gasteiger partial charge in [0.2, 0.25) is 0 Å². The maximum atomic E-state index is 12.8. The Labute approximate surface area is 135 Å². The number of nitrogens with zero attached hydrogens (tertiary/aromatic N) is 1. The molecule has 1 amide bonds. The minimum Gasteiger partial charge on any atom is -0.668 e. The van der Waals surface area contributed by atoms with E-state index >= 15 is 0 Å². The summed E-state index contributed by atoms with van der Waals surface area (Å²) in [6.45, 7) is 0. The van der Waals surface area contributed by atoms with Gasteiger partial charge in [-0.25, -0.2) is 9.37 Å². The van der Waals surface area contributed by atoms with Crippen molar-refractivity contribution in [2.45, 2.75) is 18.9 Å². The zero-order valence-electron chi connectivity index (χ0n) is 10.5. The molecule has 20 heavy (non-hydrogen) atoms. The predicted molar refractivity (Wildman–Crippen MR) is 73.0 cm³/mol. The van der Waals surface area contributed by atoms with E-state index in [0.29, 0.717) is 6.42 Å². The van der Waals surface area contributed by atoms with Gasteiger partial charge in [-0.15, -0.1) is 11.3 Å². The standard InChI is InChI=1S/C13H14FN3OS.Ta/c14-9-3-1-8(2-4-9)11-7-17-13(19-11)10(15)5-6-12(16)18;/h1-4,7,10H,5-6,15H2,(H2,16,18);/p-1. The van der Waals surface area contributed by atoms with Gasteiger partial charge in [0.1, 0.15) is 10.8 Å². The van der Waals surface area contributed by atoms with Gasteiger partial charge < -0.3 is 16.3 Å². The molecule has 2 aromatic rings. The normalized spacial score (nSPS) is 11.7. The number of thiazole rings is 1. The second-order valence-electron chi connectivity index (χ2n) is 4.14. The third-order valence-electron chi connectivity index (χ3n) is 2.65. The molecule has 1 atom stereocenters. The van der Waals surface area contributed by atoms with E-state index in [1.54, 1.807) is 18.3 Å². The molecule has 2 rings (SSSR count). The third-order valence-corrected chi connectivity index (χ3v) is 3.83. The second kappa shape index (κ2) is 7.66. The summed E-state index contributed by atoms with van der Waals surface area (Å²) < 4.78 is 12.8. The predicted octanol–water partition coefficient (Wildman–Crippen LogP) is 3.31.